The van der Waals surface area contributed by atoms with E-state index in [1.54, 1.807) is 0 Å². The van der Waals surface area contributed by atoms with Gasteiger partial charge in [0.2, 0.25) is 5.89 Å². The highest BCUT2D eigenvalue weighted by molar-refractivity contribution is 5.90. The quantitative estimate of drug-likeness (QED) is 0.853. The first kappa shape index (κ1) is 12.7. The van der Waals surface area contributed by atoms with Gasteiger partial charge in [0, 0.05) is 5.41 Å². The minimum Gasteiger partial charge on any atom is -0.448 e. The SMILES string of the molecule is CC(C)C(C)C(C)(C)c1nc(C(N)=O)co1. The highest BCUT2D eigenvalue weighted by Gasteiger charge is 2.34. The summed E-state index contributed by atoms with van der Waals surface area (Å²) in [4.78, 5) is 15.1. The second-order valence-corrected chi connectivity index (χ2v) is 5.16. The molecule has 0 radical (unpaired) electrons. The molecule has 0 bridgehead atoms. The van der Waals surface area contributed by atoms with Crippen LogP contribution in [0.2, 0.25) is 0 Å². The summed E-state index contributed by atoms with van der Waals surface area (Å²) in [6, 6.07) is 0. The molecule has 1 rings (SSSR count). The van der Waals surface area contributed by atoms with Crippen LogP contribution in [0.5, 0.6) is 0 Å². The number of rotatable bonds is 4. The van der Waals surface area contributed by atoms with Crippen molar-refractivity contribution in [2.45, 2.75) is 40.0 Å². The minimum atomic E-state index is -0.553. The zero-order valence-corrected chi connectivity index (χ0v) is 10.6. The number of hydrogen-bond donors (Lipinski definition) is 1. The van der Waals surface area contributed by atoms with Crippen molar-refractivity contribution in [1.82, 2.24) is 4.98 Å². The molecule has 0 aliphatic heterocycles. The molecule has 1 unspecified atom stereocenters. The van der Waals surface area contributed by atoms with Crippen molar-refractivity contribution >= 4 is 5.91 Å². The Hall–Kier alpha value is -1.32. The van der Waals surface area contributed by atoms with E-state index >= 15 is 0 Å². The van der Waals surface area contributed by atoms with E-state index in [0.717, 1.165) is 0 Å². The van der Waals surface area contributed by atoms with Gasteiger partial charge in [-0.25, -0.2) is 4.98 Å². The van der Waals surface area contributed by atoms with Crippen LogP contribution in [0.3, 0.4) is 0 Å². The van der Waals surface area contributed by atoms with E-state index < -0.39 is 5.91 Å². The summed E-state index contributed by atoms with van der Waals surface area (Å²) < 4.78 is 5.35. The highest BCUT2D eigenvalue weighted by atomic mass is 16.3. The molecular weight excluding hydrogens is 204 g/mol. The molecule has 4 nitrogen and oxygen atoms in total. The third kappa shape index (κ3) is 2.26. The van der Waals surface area contributed by atoms with Crippen LogP contribution in [0, 0.1) is 11.8 Å². The number of carbonyl (C=O) groups excluding carboxylic acids is 1. The molecule has 4 heteroatoms. The van der Waals surface area contributed by atoms with E-state index in [0.29, 0.717) is 17.7 Å². The molecule has 1 amide bonds. The van der Waals surface area contributed by atoms with Crippen LogP contribution >= 0.6 is 0 Å². The summed E-state index contributed by atoms with van der Waals surface area (Å²) in [5, 5.41) is 0. The van der Waals surface area contributed by atoms with Gasteiger partial charge in [-0.2, -0.15) is 0 Å². The largest absolute Gasteiger partial charge is 0.448 e. The van der Waals surface area contributed by atoms with E-state index in [-0.39, 0.29) is 11.1 Å². The molecule has 0 aliphatic carbocycles. The minimum absolute atomic E-state index is 0.194. The van der Waals surface area contributed by atoms with Crippen LogP contribution in [0.1, 0.15) is 51.0 Å². The molecule has 1 aromatic heterocycles. The predicted molar refractivity (Wildman–Crippen MR) is 62.0 cm³/mol. The normalized spacial score (nSPS) is 14.1. The molecule has 0 saturated heterocycles. The standard InChI is InChI=1S/C12H20N2O2/c1-7(2)8(3)12(4,5)11-14-9(6-16-11)10(13)15/h6-8H,1-5H3,(H2,13,15). The Balaban J connectivity index is 3.02. The van der Waals surface area contributed by atoms with Gasteiger partial charge in [-0.05, 0) is 11.8 Å². The molecule has 16 heavy (non-hydrogen) atoms. The zero-order valence-electron chi connectivity index (χ0n) is 10.6. The fourth-order valence-corrected chi connectivity index (χ4v) is 1.71. The van der Waals surface area contributed by atoms with Gasteiger partial charge >= 0.3 is 0 Å². The fourth-order valence-electron chi connectivity index (χ4n) is 1.71. The molecule has 1 atom stereocenters. The van der Waals surface area contributed by atoms with E-state index in [1.807, 2.05) is 0 Å². The third-order valence-corrected chi connectivity index (χ3v) is 3.45. The summed E-state index contributed by atoms with van der Waals surface area (Å²) in [5.41, 5.74) is 5.13. The lowest BCUT2D eigenvalue weighted by molar-refractivity contribution is 0.0995. The van der Waals surface area contributed by atoms with Crippen LogP contribution in [-0.2, 0) is 5.41 Å². The van der Waals surface area contributed by atoms with E-state index in [2.05, 4.69) is 39.6 Å². The average Bonchev–Trinajstić information content (AvgIpc) is 2.65. The molecule has 2 N–H and O–H groups in total. The van der Waals surface area contributed by atoms with Crippen LogP contribution in [-0.4, -0.2) is 10.9 Å². The molecule has 1 heterocycles. The molecule has 0 aromatic carbocycles. The lowest BCUT2D eigenvalue weighted by atomic mass is 9.74. The number of nitrogens with zero attached hydrogens (tertiary/aromatic N) is 1. The number of primary amides is 1. The third-order valence-electron chi connectivity index (χ3n) is 3.45. The van der Waals surface area contributed by atoms with Crippen molar-refractivity contribution < 1.29 is 9.21 Å². The van der Waals surface area contributed by atoms with Gasteiger partial charge in [-0.1, -0.05) is 34.6 Å². The summed E-state index contributed by atoms with van der Waals surface area (Å²) in [7, 11) is 0. The first-order valence-electron chi connectivity index (χ1n) is 5.52. The number of aromatic nitrogens is 1. The molecule has 0 saturated carbocycles. The van der Waals surface area contributed by atoms with Crippen LogP contribution in [0.4, 0.5) is 0 Å². The first-order valence-corrected chi connectivity index (χ1v) is 5.52. The van der Waals surface area contributed by atoms with Crippen molar-refractivity contribution in [3.63, 3.8) is 0 Å². The number of carbonyl (C=O) groups is 1. The maximum Gasteiger partial charge on any atom is 0.270 e. The van der Waals surface area contributed by atoms with Gasteiger partial charge < -0.3 is 10.2 Å². The van der Waals surface area contributed by atoms with Gasteiger partial charge in [-0.15, -0.1) is 0 Å². The van der Waals surface area contributed by atoms with E-state index in [1.165, 1.54) is 6.26 Å². The second kappa shape index (κ2) is 4.28. The zero-order chi connectivity index (χ0) is 12.5. The predicted octanol–water partition coefficient (Wildman–Crippen LogP) is 2.34. The molecule has 1 aromatic rings. The van der Waals surface area contributed by atoms with Gasteiger partial charge in [0.05, 0.1) is 0 Å². The van der Waals surface area contributed by atoms with Gasteiger partial charge in [0.25, 0.3) is 5.91 Å². The summed E-state index contributed by atoms with van der Waals surface area (Å²) in [6.07, 6.45) is 1.33. The van der Waals surface area contributed by atoms with Crippen molar-refractivity contribution in [2.75, 3.05) is 0 Å². The number of oxazole rings is 1. The Labute approximate surface area is 96.2 Å². The maximum atomic E-state index is 10.9. The van der Waals surface area contributed by atoms with E-state index in [4.69, 9.17) is 10.2 Å². The maximum absolute atomic E-state index is 10.9. The highest BCUT2D eigenvalue weighted by Crippen LogP contribution is 2.35. The second-order valence-electron chi connectivity index (χ2n) is 5.16. The monoisotopic (exact) mass is 224 g/mol. The van der Waals surface area contributed by atoms with Crippen molar-refractivity contribution in [1.29, 1.82) is 0 Å². The summed E-state index contributed by atoms with van der Waals surface area (Å²) >= 11 is 0. The topological polar surface area (TPSA) is 69.1 Å². The van der Waals surface area contributed by atoms with Crippen LogP contribution in [0.15, 0.2) is 10.7 Å². The van der Waals surface area contributed by atoms with E-state index in [9.17, 15) is 4.79 Å². The Morgan fingerprint density at radius 1 is 1.44 bits per heavy atom. The number of nitrogens with two attached hydrogens (primary N) is 1. The smallest absolute Gasteiger partial charge is 0.270 e. The molecule has 90 valence electrons. The summed E-state index contributed by atoms with van der Waals surface area (Å²) in [6.45, 7) is 10.6. The number of hydrogen-bond acceptors (Lipinski definition) is 3. The van der Waals surface area contributed by atoms with Gasteiger partial charge in [-0.3, -0.25) is 4.79 Å². The Bertz CT molecular complexity index is 380. The van der Waals surface area contributed by atoms with Crippen molar-refractivity contribution in [3.8, 4) is 0 Å². The molecule has 0 spiro atoms. The first-order chi connectivity index (χ1) is 7.26. The number of amides is 1. The Kier molecular flexibility index (Phi) is 3.41. The fraction of sp³-hybridized carbons (Fsp3) is 0.667. The van der Waals surface area contributed by atoms with Gasteiger partial charge in [0.15, 0.2) is 5.69 Å². The molecule has 0 aliphatic rings. The van der Waals surface area contributed by atoms with Crippen molar-refractivity contribution in [3.05, 3.63) is 17.8 Å². The van der Waals surface area contributed by atoms with Crippen molar-refractivity contribution in [2.24, 2.45) is 17.6 Å². The van der Waals surface area contributed by atoms with Crippen LogP contribution in [0.25, 0.3) is 0 Å². The van der Waals surface area contributed by atoms with Crippen LogP contribution < -0.4 is 5.73 Å². The molecule has 0 fully saturated rings. The lowest BCUT2D eigenvalue weighted by Gasteiger charge is -2.31. The lowest BCUT2D eigenvalue weighted by Crippen LogP contribution is -2.30. The Morgan fingerprint density at radius 2 is 2.00 bits per heavy atom. The summed E-state index contributed by atoms with van der Waals surface area (Å²) in [5.74, 6) is 0.927. The molecular formula is C12H20N2O2. The Morgan fingerprint density at radius 3 is 2.38 bits per heavy atom. The van der Waals surface area contributed by atoms with Gasteiger partial charge in [0.1, 0.15) is 6.26 Å². The average molecular weight is 224 g/mol.